The second-order valence-corrected chi connectivity index (χ2v) is 9.11. The maximum absolute atomic E-state index is 14.0. The summed E-state index contributed by atoms with van der Waals surface area (Å²) >= 11 is 0. The fourth-order valence-electron chi connectivity index (χ4n) is 4.62. The number of morpholine rings is 1. The van der Waals surface area contributed by atoms with E-state index in [2.05, 4.69) is 29.3 Å². The standard InChI is InChI=1S/C27H35FN4O3/c1-2-21-6-8-22(9-7-21)27(23-4-3-5-24(28)18-23)29-19-25(33)31-12-10-30(11-13-31)20-26(34)32-14-16-35-17-15-32/h3-9,18,27,29H,2,10-17,19-20H2,1H3/t27-/m0/s1. The number of nitrogens with one attached hydrogen (secondary N) is 1. The maximum atomic E-state index is 14.0. The fraction of sp³-hybridized carbons (Fsp3) is 0.481. The van der Waals surface area contributed by atoms with Crippen LogP contribution in [0.5, 0.6) is 0 Å². The second kappa shape index (κ2) is 12.2. The Kier molecular flexibility index (Phi) is 8.84. The van der Waals surface area contributed by atoms with Gasteiger partial charge < -0.3 is 14.5 Å². The van der Waals surface area contributed by atoms with Crippen molar-refractivity contribution in [1.29, 1.82) is 0 Å². The summed E-state index contributed by atoms with van der Waals surface area (Å²) in [6.45, 7) is 7.67. The van der Waals surface area contributed by atoms with Crippen LogP contribution in [0, 0.1) is 5.82 Å². The predicted molar refractivity (Wildman–Crippen MR) is 132 cm³/mol. The van der Waals surface area contributed by atoms with Crippen molar-refractivity contribution in [3.8, 4) is 0 Å². The number of halogens is 1. The molecule has 2 aromatic carbocycles. The Morgan fingerprint density at radius 2 is 1.60 bits per heavy atom. The van der Waals surface area contributed by atoms with Crippen molar-refractivity contribution >= 4 is 11.8 Å². The minimum atomic E-state index is -0.298. The molecule has 2 saturated heterocycles. The molecule has 0 saturated carbocycles. The highest BCUT2D eigenvalue weighted by atomic mass is 19.1. The zero-order valence-corrected chi connectivity index (χ0v) is 20.4. The highest BCUT2D eigenvalue weighted by Gasteiger charge is 2.25. The highest BCUT2D eigenvalue weighted by molar-refractivity contribution is 5.79. The van der Waals surface area contributed by atoms with Crippen LogP contribution in [-0.4, -0.2) is 92.1 Å². The summed E-state index contributed by atoms with van der Waals surface area (Å²) < 4.78 is 19.3. The van der Waals surface area contributed by atoms with Crippen LogP contribution in [0.15, 0.2) is 48.5 Å². The van der Waals surface area contributed by atoms with E-state index in [4.69, 9.17) is 4.74 Å². The monoisotopic (exact) mass is 482 g/mol. The minimum absolute atomic E-state index is 0.00994. The number of carbonyl (C=O) groups is 2. The van der Waals surface area contributed by atoms with Crippen molar-refractivity contribution in [2.45, 2.75) is 19.4 Å². The molecule has 0 aromatic heterocycles. The molecule has 188 valence electrons. The summed E-state index contributed by atoms with van der Waals surface area (Å²) in [5, 5.41) is 3.36. The number of amides is 2. The molecule has 0 radical (unpaired) electrons. The predicted octanol–water partition coefficient (Wildman–Crippen LogP) is 2.07. The molecule has 2 aliphatic rings. The lowest BCUT2D eigenvalue weighted by Gasteiger charge is -2.36. The van der Waals surface area contributed by atoms with Gasteiger partial charge >= 0.3 is 0 Å². The van der Waals surface area contributed by atoms with Gasteiger partial charge in [-0.15, -0.1) is 0 Å². The Bertz CT molecular complexity index is 986. The topological polar surface area (TPSA) is 65.1 Å². The zero-order valence-electron chi connectivity index (χ0n) is 20.4. The van der Waals surface area contributed by atoms with Crippen molar-refractivity contribution in [1.82, 2.24) is 20.0 Å². The van der Waals surface area contributed by atoms with Crippen LogP contribution in [0.1, 0.15) is 29.7 Å². The van der Waals surface area contributed by atoms with Gasteiger partial charge in [-0.25, -0.2) is 4.39 Å². The van der Waals surface area contributed by atoms with E-state index in [1.807, 2.05) is 28.0 Å². The Morgan fingerprint density at radius 3 is 2.26 bits per heavy atom. The average Bonchev–Trinajstić information content (AvgIpc) is 2.90. The summed E-state index contributed by atoms with van der Waals surface area (Å²) in [6, 6.07) is 14.4. The van der Waals surface area contributed by atoms with Crippen LogP contribution < -0.4 is 5.32 Å². The van der Waals surface area contributed by atoms with E-state index < -0.39 is 0 Å². The molecule has 1 atom stereocenters. The number of rotatable bonds is 8. The van der Waals surface area contributed by atoms with Crippen molar-refractivity contribution in [3.05, 3.63) is 71.0 Å². The summed E-state index contributed by atoms with van der Waals surface area (Å²) in [5.41, 5.74) is 3.01. The lowest BCUT2D eigenvalue weighted by atomic mass is 9.97. The number of piperazine rings is 1. The van der Waals surface area contributed by atoms with Gasteiger partial charge in [0.25, 0.3) is 0 Å². The van der Waals surface area contributed by atoms with Gasteiger partial charge in [0.15, 0.2) is 0 Å². The molecule has 2 aromatic rings. The van der Waals surface area contributed by atoms with Gasteiger partial charge in [0.05, 0.1) is 32.3 Å². The van der Waals surface area contributed by atoms with Gasteiger partial charge in [-0.3, -0.25) is 19.8 Å². The summed E-state index contributed by atoms with van der Waals surface area (Å²) in [7, 11) is 0. The number of hydrogen-bond acceptors (Lipinski definition) is 5. The third kappa shape index (κ3) is 6.87. The highest BCUT2D eigenvalue weighted by Crippen LogP contribution is 2.23. The van der Waals surface area contributed by atoms with Crippen molar-refractivity contribution in [2.75, 3.05) is 65.6 Å². The summed E-state index contributed by atoms with van der Waals surface area (Å²) in [5.74, 6) is -0.161. The van der Waals surface area contributed by atoms with E-state index in [9.17, 15) is 14.0 Å². The first kappa shape index (κ1) is 25.3. The van der Waals surface area contributed by atoms with Gasteiger partial charge in [0.2, 0.25) is 11.8 Å². The molecule has 4 rings (SSSR count). The Morgan fingerprint density at radius 1 is 0.914 bits per heavy atom. The van der Waals surface area contributed by atoms with E-state index in [1.165, 1.54) is 17.7 Å². The van der Waals surface area contributed by atoms with Crippen LogP contribution in [0.4, 0.5) is 4.39 Å². The molecule has 0 unspecified atom stereocenters. The first-order valence-electron chi connectivity index (χ1n) is 12.5. The van der Waals surface area contributed by atoms with Gasteiger partial charge in [-0.2, -0.15) is 0 Å². The molecule has 2 fully saturated rings. The maximum Gasteiger partial charge on any atom is 0.236 e. The molecule has 0 aliphatic carbocycles. The fourth-order valence-corrected chi connectivity index (χ4v) is 4.62. The smallest absolute Gasteiger partial charge is 0.236 e. The van der Waals surface area contributed by atoms with Crippen molar-refractivity contribution < 1.29 is 18.7 Å². The van der Waals surface area contributed by atoms with Crippen LogP contribution in [0.2, 0.25) is 0 Å². The largest absolute Gasteiger partial charge is 0.378 e. The number of hydrogen-bond donors (Lipinski definition) is 1. The Labute approximate surface area is 206 Å². The van der Waals surface area contributed by atoms with Crippen LogP contribution >= 0.6 is 0 Å². The molecule has 0 spiro atoms. The first-order valence-corrected chi connectivity index (χ1v) is 12.5. The second-order valence-electron chi connectivity index (χ2n) is 9.11. The van der Waals surface area contributed by atoms with Crippen LogP contribution in [0.25, 0.3) is 0 Å². The van der Waals surface area contributed by atoms with Gasteiger partial charge in [0, 0.05) is 39.3 Å². The van der Waals surface area contributed by atoms with Gasteiger partial charge in [-0.05, 0) is 35.2 Å². The van der Waals surface area contributed by atoms with Gasteiger partial charge in [-0.1, -0.05) is 43.3 Å². The molecule has 1 N–H and O–H groups in total. The number of aryl methyl sites for hydroxylation is 1. The molecule has 8 heteroatoms. The van der Waals surface area contributed by atoms with E-state index in [-0.39, 0.29) is 30.2 Å². The molecular weight excluding hydrogens is 447 g/mol. The summed E-state index contributed by atoms with van der Waals surface area (Å²) in [6.07, 6.45) is 0.945. The molecule has 2 aliphatic heterocycles. The number of ether oxygens (including phenoxy) is 1. The van der Waals surface area contributed by atoms with Crippen molar-refractivity contribution in [2.24, 2.45) is 0 Å². The van der Waals surface area contributed by atoms with Crippen molar-refractivity contribution in [3.63, 3.8) is 0 Å². The molecular formula is C27H35FN4O3. The minimum Gasteiger partial charge on any atom is -0.378 e. The number of benzene rings is 2. The summed E-state index contributed by atoms with van der Waals surface area (Å²) in [4.78, 5) is 31.3. The Balaban J connectivity index is 1.31. The van der Waals surface area contributed by atoms with E-state index in [1.54, 1.807) is 6.07 Å². The molecule has 2 heterocycles. The molecule has 0 bridgehead atoms. The molecule has 7 nitrogen and oxygen atoms in total. The number of nitrogens with zero attached hydrogens (tertiary/aromatic N) is 3. The lowest BCUT2D eigenvalue weighted by molar-refractivity contribution is -0.137. The molecule has 35 heavy (non-hydrogen) atoms. The van der Waals surface area contributed by atoms with Crippen LogP contribution in [0.3, 0.4) is 0 Å². The third-order valence-electron chi connectivity index (χ3n) is 6.81. The lowest BCUT2D eigenvalue weighted by Crippen LogP contribution is -2.53. The van der Waals surface area contributed by atoms with Crippen LogP contribution in [-0.2, 0) is 20.7 Å². The quantitative estimate of drug-likeness (QED) is 0.624. The van der Waals surface area contributed by atoms with E-state index in [0.717, 1.165) is 17.5 Å². The SMILES string of the molecule is CCc1ccc([C@H](NCC(=O)N2CCN(CC(=O)N3CCOCC3)CC2)c2cccc(F)c2)cc1. The van der Waals surface area contributed by atoms with Gasteiger partial charge in [0.1, 0.15) is 5.82 Å². The van der Waals surface area contributed by atoms with E-state index in [0.29, 0.717) is 59.0 Å². The first-order chi connectivity index (χ1) is 17.0. The molecule has 2 amide bonds. The average molecular weight is 483 g/mol. The third-order valence-corrected chi connectivity index (χ3v) is 6.81. The number of carbonyl (C=O) groups excluding carboxylic acids is 2. The normalized spacial score (nSPS) is 17.9. The Hall–Kier alpha value is -2.81. The van der Waals surface area contributed by atoms with E-state index >= 15 is 0 Å². The zero-order chi connectivity index (χ0) is 24.6.